The summed E-state index contributed by atoms with van der Waals surface area (Å²) in [6.45, 7) is 14.3. The molecule has 0 saturated carbocycles. The quantitative estimate of drug-likeness (QED) is 0.0129. The molecule has 40 nitrogen and oxygen atoms in total. The van der Waals surface area contributed by atoms with Crippen molar-refractivity contribution in [3.05, 3.63) is 29.8 Å². The number of ether oxygens (including phenoxy) is 2. The predicted molar refractivity (Wildman–Crippen MR) is 400 cm³/mol. The number of carbonyl (C=O) groups is 14. The summed E-state index contributed by atoms with van der Waals surface area (Å²) in [5.74, 6) is -22.5. The number of nitrogens with two attached hydrogens (primary N) is 6. The van der Waals surface area contributed by atoms with Crippen molar-refractivity contribution in [2.24, 2.45) is 79.9 Å². The first kappa shape index (κ1) is 95.1. The first-order valence-corrected chi connectivity index (χ1v) is 37.0. The normalized spacial score (nSPS) is 23.2. The molecule has 111 heavy (non-hydrogen) atoms. The molecule has 2 saturated heterocycles. The molecule has 9 unspecified atom stereocenters. The minimum absolute atomic E-state index is 0.0625. The highest BCUT2D eigenvalue weighted by atomic mass is 16.5. The fourth-order valence-corrected chi connectivity index (χ4v) is 13.0. The number of guanidine groups is 2. The van der Waals surface area contributed by atoms with Gasteiger partial charge in [-0.05, 0) is 119 Å². The van der Waals surface area contributed by atoms with Gasteiger partial charge in [0.25, 0.3) is 5.91 Å². The van der Waals surface area contributed by atoms with E-state index in [-0.39, 0.29) is 100 Å². The van der Waals surface area contributed by atoms with Gasteiger partial charge in [0.15, 0.2) is 18.0 Å². The third-order valence-electron chi connectivity index (χ3n) is 19.5. The SMILES string of the molecule is COC(c1ccc(O)cc1)[C@H]1NC(=O)C(CCC(=O)O)N(C)C(=O)C(CC(C)C)NC(=O)[C@@H](CCCN=C(N)N)NC(=O)C([C@@H](C)O)NC(=O)[C@H](NC(=O)[C@@H](NC(=O)C(O)C(O)[C@H](CCCN=C(N)N)NC(=O)[C@H](CC(N)=O)NC(=O)C(C)C(O)C(C)CC(C)C)[C@@H](C)[C@@H](C)C(N)=O)[C@@H](C)OC(=O)[C@@H]2CCCCN2C1=O. The van der Waals surface area contributed by atoms with Crippen molar-refractivity contribution in [3.8, 4) is 5.75 Å². The molecule has 26 N–H and O–H groups in total. The van der Waals surface area contributed by atoms with Crippen LogP contribution in [0.25, 0.3) is 0 Å². The number of likely N-dealkylation sites (N-methyl/N-ethyl adjacent to an activating group) is 1. The van der Waals surface area contributed by atoms with Crippen LogP contribution in [0.2, 0.25) is 0 Å². The lowest BCUT2D eigenvalue weighted by Crippen LogP contribution is -2.65. The number of carboxylic acids is 1. The van der Waals surface area contributed by atoms with E-state index < -0.39 is 229 Å². The number of benzene rings is 1. The molecule has 40 heteroatoms. The van der Waals surface area contributed by atoms with Crippen molar-refractivity contribution in [1.82, 2.24) is 52.3 Å². The molecule has 0 radical (unpaired) electrons. The Balaban J connectivity index is 2.38. The number of aliphatic hydroxyl groups is 4. The van der Waals surface area contributed by atoms with E-state index in [4.69, 9.17) is 43.9 Å². The van der Waals surface area contributed by atoms with Gasteiger partial charge in [0.05, 0.1) is 30.6 Å². The molecular formula is C71H118N18O22. The molecule has 2 heterocycles. The van der Waals surface area contributed by atoms with Crippen LogP contribution in [0.4, 0.5) is 0 Å². The number of cyclic esters (lactones) is 1. The summed E-state index contributed by atoms with van der Waals surface area (Å²) in [5, 5.41) is 86.0. The van der Waals surface area contributed by atoms with Gasteiger partial charge in [-0.25, -0.2) is 4.79 Å². The van der Waals surface area contributed by atoms with Gasteiger partial charge in [-0.15, -0.1) is 0 Å². The number of fused-ring (bicyclic) bond motifs is 1. The number of primary amides is 2. The summed E-state index contributed by atoms with van der Waals surface area (Å²) in [7, 11) is 2.34. The summed E-state index contributed by atoms with van der Waals surface area (Å²) < 4.78 is 11.9. The molecule has 0 spiro atoms. The molecule has 2 aliphatic rings. The predicted octanol–water partition coefficient (Wildman–Crippen LogP) is -5.46. The number of hydrogen-bond donors (Lipinski definition) is 20. The first-order chi connectivity index (χ1) is 51.8. The maximum Gasteiger partial charge on any atom is 0.329 e. The number of hydrogen-bond acceptors (Lipinski definition) is 23. The molecule has 2 aliphatic heterocycles. The molecule has 1 aromatic rings. The number of phenolic OH excluding ortho intramolecular Hbond substituents is 1. The van der Waals surface area contributed by atoms with Gasteiger partial charge >= 0.3 is 11.9 Å². The van der Waals surface area contributed by atoms with E-state index in [0.29, 0.717) is 6.42 Å². The summed E-state index contributed by atoms with van der Waals surface area (Å²) in [4.78, 5) is 210. The van der Waals surface area contributed by atoms with Gasteiger partial charge in [-0.2, -0.15) is 0 Å². The van der Waals surface area contributed by atoms with Crippen LogP contribution in [0.1, 0.15) is 158 Å². The Kier molecular flexibility index (Phi) is 38.8. The van der Waals surface area contributed by atoms with Crippen LogP contribution < -0.4 is 76.9 Å². The van der Waals surface area contributed by atoms with Crippen LogP contribution in [0.3, 0.4) is 0 Å². The van der Waals surface area contributed by atoms with E-state index >= 15 is 24.0 Å². The standard InChI is InChI=1S/C71H118N18O22/c1-32(2)29-34(5)54(95)37(8)59(99)82-44(31-48(72)92)61(101)80-42(17-15-26-78-70(74)75)55(96)56(97)66(106)84-50(35(6)36(7)58(73)98)63(103)86-52-39(10)111-69(109)47-19-13-14-28-89(47)68(108)53(57(110-12)40-20-22-41(91)23-21-40)87-62(102)46(24-25-49(93)94)88(11)67(107)45(30-33(3)4)83-60(100)43(18-16-27-79-71(76)77)81-64(104)51(38(9)90)85-65(52)105/h20-23,32-39,42-47,50-57,90-91,95-97H,13-19,24-31H2,1-12H3,(H2,72,92)(H2,73,98)(H,80,101)(H,81,104)(H,82,99)(H,83,100)(H,84,106)(H,85,105)(H,86,103)(H,87,102)(H,93,94)(H4,74,75,78)(H4,76,77,79)/t34?,35-,36+,37?,38+,39+,42-,43+,44-,45?,46?,47-,50-,51?,52+,53+,54?,55?,56?,57?/m0/s1. The molecule has 12 amide bonds. The van der Waals surface area contributed by atoms with Crippen LogP contribution in [-0.4, -0.2) is 260 Å². The smallest absolute Gasteiger partial charge is 0.329 e. The van der Waals surface area contributed by atoms with Gasteiger partial charge in [-0.3, -0.25) is 72.3 Å². The number of amides is 12. The fraction of sp³-hybridized carbons (Fsp3) is 0.690. The molecule has 3 rings (SSSR count). The van der Waals surface area contributed by atoms with Crippen molar-refractivity contribution < 1.29 is 107 Å². The molecule has 624 valence electrons. The molecular weight excluding hydrogens is 1460 g/mol. The molecule has 2 fully saturated rings. The molecule has 0 bridgehead atoms. The maximum absolute atomic E-state index is 15.6. The van der Waals surface area contributed by atoms with Crippen molar-refractivity contribution in [2.45, 2.75) is 243 Å². The lowest BCUT2D eigenvalue weighted by atomic mass is 9.87. The van der Waals surface area contributed by atoms with Crippen LogP contribution in [0.5, 0.6) is 5.75 Å². The zero-order valence-corrected chi connectivity index (χ0v) is 65.1. The largest absolute Gasteiger partial charge is 0.508 e. The van der Waals surface area contributed by atoms with E-state index in [1.807, 2.05) is 13.8 Å². The molecule has 20 atom stereocenters. The third-order valence-corrected chi connectivity index (χ3v) is 19.5. The number of aliphatic imine (C=N–C) groups is 2. The molecule has 0 aromatic heterocycles. The second-order valence-electron chi connectivity index (χ2n) is 29.4. The van der Waals surface area contributed by atoms with E-state index in [1.54, 1.807) is 20.8 Å². The number of nitrogens with zero attached hydrogens (tertiary/aromatic N) is 4. The van der Waals surface area contributed by atoms with Gasteiger partial charge in [0.2, 0.25) is 65.0 Å². The number of esters is 1. The lowest BCUT2D eigenvalue weighted by Gasteiger charge is -2.39. The number of methoxy groups -OCH3 is 1. The Bertz CT molecular complexity index is 3430. The average molecular weight is 1580 g/mol. The van der Waals surface area contributed by atoms with E-state index in [2.05, 4.69) is 52.5 Å². The van der Waals surface area contributed by atoms with E-state index in [9.17, 15) is 73.8 Å². The number of aromatic hydroxyl groups is 1. The average Bonchev–Trinajstić information content (AvgIpc) is 0.786. The zero-order chi connectivity index (χ0) is 84.2. The van der Waals surface area contributed by atoms with E-state index in [0.717, 1.165) is 30.7 Å². The Labute approximate surface area is 644 Å². The second-order valence-corrected chi connectivity index (χ2v) is 29.4. The van der Waals surface area contributed by atoms with Crippen molar-refractivity contribution >= 4 is 94.7 Å². The topological polar surface area (TPSA) is 662 Å². The Morgan fingerprint density at radius 1 is 0.667 bits per heavy atom. The number of nitrogens with one attached hydrogen (secondary N) is 8. The van der Waals surface area contributed by atoms with Crippen LogP contribution in [-0.2, 0) is 76.6 Å². The minimum atomic E-state index is -2.67. The van der Waals surface area contributed by atoms with Gasteiger partial charge in [0, 0.05) is 46.1 Å². The maximum atomic E-state index is 15.6. The Morgan fingerprint density at radius 2 is 1.26 bits per heavy atom. The summed E-state index contributed by atoms with van der Waals surface area (Å²) in [6.07, 6.45) is -14.0. The minimum Gasteiger partial charge on any atom is -0.508 e. The monoisotopic (exact) mass is 1570 g/mol. The second kappa shape index (κ2) is 45.3. The number of carboxylic acid groups (broad SMARTS) is 1. The number of aliphatic hydroxyl groups excluding tert-OH is 4. The zero-order valence-electron chi connectivity index (χ0n) is 65.1. The number of phenols is 1. The van der Waals surface area contributed by atoms with Gasteiger partial charge in [0.1, 0.15) is 78.4 Å². The highest BCUT2D eigenvalue weighted by molar-refractivity contribution is 6.00. The first-order valence-electron chi connectivity index (χ1n) is 37.0. The number of piperidine rings is 1. The van der Waals surface area contributed by atoms with Crippen molar-refractivity contribution in [1.29, 1.82) is 0 Å². The highest BCUT2D eigenvalue weighted by Gasteiger charge is 2.47. The van der Waals surface area contributed by atoms with Crippen LogP contribution in [0.15, 0.2) is 34.3 Å². The van der Waals surface area contributed by atoms with Gasteiger partial charge < -0.3 is 127 Å². The van der Waals surface area contributed by atoms with Crippen LogP contribution >= 0.6 is 0 Å². The highest BCUT2D eigenvalue weighted by Crippen LogP contribution is 2.30. The van der Waals surface area contributed by atoms with Crippen molar-refractivity contribution in [2.75, 3.05) is 33.8 Å². The third kappa shape index (κ3) is 29.6. The fourth-order valence-electron chi connectivity index (χ4n) is 13.0. The van der Waals surface area contributed by atoms with Gasteiger partial charge in [-0.1, -0.05) is 67.5 Å². The molecule has 1 aromatic carbocycles. The van der Waals surface area contributed by atoms with E-state index in [1.165, 1.54) is 52.1 Å². The number of aliphatic carboxylic acids is 1. The Hall–Kier alpha value is -10.1. The lowest BCUT2D eigenvalue weighted by molar-refractivity contribution is -0.165. The molecule has 0 aliphatic carbocycles. The number of rotatable bonds is 36. The summed E-state index contributed by atoms with van der Waals surface area (Å²) in [6, 6.07) is -13.3. The Morgan fingerprint density at radius 3 is 1.81 bits per heavy atom. The van der Waals surface area contributed by atoms with Crippen LogP contribution in [0, 0.1) is 35.5 Å². The summed E-state index contributed by atoms with van der Waals surface area (Å²) in [5.41, 5.74) is 33.6. The summed E-state index contributed by atoms with van der Waals surface area (Å²) >= 11 is 0. The number of carbonyl (C=O) groups excluding carboxylic acids is 13. The van der Waals surface area contributed by atoms with Crippen molar-refractivity contribution in [3.63, 3.8) is 0 Å².